The van der Waals surface area contributed by atoms with Gasteiger partial charge in [-0.3, -0.25) is 9.11 Å². The van der Waals surface area contributed by atoms with Crippen molar-refractivity contribution in [1.82, 2.24) is 15.0 Å². The summed E-state index contributed by atoms with van der Waals surface area (Å²) >= 11 is 5.75. The summed E-state index contributed by atoms with van der Waals surface area (Å²) in [5, 5.41) is 11.3. The van der Waals surface area contributed by atoms with E-state index in [0.29, 0.717) is 18.2 Å². The Morgan fingerprint density at radius 2 is 1.55 bits per heavy atom. The van der Waals surface area contributed by atoms with Gasteiger partial charge in [-0.25, -0.2) is 13.2 Å². The maximum Gasteiger partial charge on any atom is 1.00 e. The van der Waals surface area contributed by atoms with Crippen molar-refractivity contribution in [1.29, 1.82) is 0 Å². The molecule has 0 spiro atoms. The van der Waals surface area contributed by atoms with Crippen LogP contribution in [-0.4, -0.2) is 59.9 Å². The zero-order valence-electron chi connectivity index (χ0n) is 21.7. The molecule has 8 N–H and O–H groups in total. The molecule has 0 bridgehead atoms. The first-order valence-electron chi connectivity index (χ1n) is 10.9. The number of urea groups is 1. The molecule has 0 unspecified atom stereocenters. The molecule has 0 aliphatic carbocycles. The van der Waals surface area contributed by atoms with Gasteiger partial charge in [0.15, 0.2) is 0 Å². The smallest absolute Gasteiger partial charge is 0.744 e. The fourth-order valence-electron chi connectivity index (χ4n) is 3.55. The number of carbonyl (C=O) groups is 1. The van der Waals surface area contributed by atoms with Gasteiger partial charge in [0, 0.05) is 11.1 Å². The summed E-state index contributed by atoms with van der Waals surface area (Å²) < 4.78 is 102. The molecule has 19 nitrogen and oxygen atoms in total. The standard InChI is InChI=1S/C20H16ClN9O10S3.Na/c21-17-26-18(22)28-20(27-17)24-9-1-2-12(13(5-9)25-19(23)31)29-30-14-7-11-8(4-16(14)43(38,39)40)3-10(41(32,33)34)6-15(11)42(35,36)37;/h1-7H,(H3,23,25,31)(H,32,33,34)(H,35,36,37)(H,38,39,40)(H3,22,24,26,27,28);/q;+1/p-1. The molecule has 0 radical (unpaired) electrons. The Labute approximate surface area is 274 Å². The fourth-order valence-corrected chi connectivity index (χ4v) is 5.69. The number of nitrogens with one attached hydrogen (secondary N) is 2. The SMILES string of the molecule is NC(=O)Nc1cc(Nc2nc(N)nc(Cl)n2)ccc1N=Nc1cc2c(S(=O)(=O)[O-])cc(S(=O)(=O)O)cc2cc1S(=O)(=O)O.[Na+]. The third kappa shape index (κ3) is 8.32. The van der Waals surface area contributed by atoms with Crippen LogP contribution in [0.5, 0.6) is 0 Å². The van der Waals surface area contributed by atoms with Crippen LogP contribution in [0.25, 0.3) is 10.8 Å². The van der Waals surface area contributed by atoms with E-state index in [1.165, 1.54) is 18.2 Å². The molecular formula is C20H15ClN9NaO10S3. The Morgan fingerprint density at radius 3 is 2.11 bits per heavy atom. The van der Waals surface area contributed by atoms with Crippen LogP contribution in [0.2, 0.25) is 5.28 Å². The summed E-state index contributed by atoms with van der Waals surface area (Å²) in [6, 6.07) is 5.22. The van der Waals surface area contributed by atoms with Crippen LogP contribution in [0.15, 0.2) is 67.4 Å². The molecule has 0 atom stereocenters. The minimum absolute atomic E-state index is 0. The predicted molar refractivity (Wildman–Crippen MR) is 148 cm³/mol. The average Bonchev–Trinajstić information content (AvgIpc) is 2.84. The van der Waals surface area contributed by atoms with E-state index in [1.54, 1.807) is 0 Å². The van der Waals surface area contributed by atoms with Gasteiger partial charge in [0.2, 0.25) is 17.2 Å². The molecule has 4 aromatic rings. The van der Waals surface area contributed by atoms with Crippen molar-refractivity contribution < 1.29 is 73.3 Å². The average molecular weight is 696 g/mol. The molecule has 226 valence electrons. The number of carbonyl (C=O) groups excluding carboxylic acids is 1. The molecule has 0 fully saturated rings. The number of fused-ring (bicyclic) bond motifs is 1. The summed E-state index contributed by atoms with van der Waals surface area (Å²) in [5.41, 5.74) is 10.0. The summed E-state index contributed by atoms with van der Waals surface area (Å²) in [6.07, 6.45) is 0. The van der Waals surface area contributed by atoms with Crippen LogP contribution >= 0.6 is 11.6 Å². The molecule has 0 saturated carbocycles. The molecule has 0 saturated heterocycles. The maximum absolute atomic E-state index is 12.1. The van der Waals surface area contributed by atoms with Gasteiger partial charge >= 0.3 is 35.6 Å². The topological polar surface area (TPSA) is 322 Å². The normalized spacial score (nSPS) is 12.2. The van der Waals surface area contributed by atoms with Crippen LogP contribution in [0.4, 0.5) is 39.4 Å². The number of azo groups is 1. The van der Waals surface area contributed by atoms with Crippen LogP contribution in [0, 0.1) is 0 Å². The second-order valence-electron chi connectivity index (χ2n) is 8.20. The first-order chi connectivity index (χ1) is 19.8. The van der Waals surface area contributed by atoms with Crippen molar-refractivity contribution in [3.63, 3.8) is 0 Å². The minimum atomic E-state index is -5.41. The van der Waals surface area contributed by atoms with Crippen molar-refractivity contribution in [2.75, 3.05) is 16.4 Å². The first kappa shape index (κ1) is 34.9. The number of nitrogens with two attached hydrogens (primary N) is 2. The predicted octanol–water partition coefficient (Wildman–Crippen LogP) is -0.688. The molecule has 4 rings (SSSR count). The van der Waals surface area contributed by atoms with E-state index in [2.05, 4.69) is 35.8 Å². The Bertz CT molecular complexity index is 2170. The zero-order valence-corrected chi connectivity index (χ0v) is 26.9. The summed E-state index contributed by atoms with van der Waals surface area (Å²) in [5.74, 6) is -0.275. The Kier molecular flexibility index (Phi) is 10.2. The third-order valence-electron chi connectivity index (χ3n) is 5.21. The molecule has 44 heavy (non-hydrogen) atoms. The number of primary amides is 1. The molecule has 0 aliphatic heterocycles. The largest absolute Gasteiger partial charge is 1.00 e. The quantitative estimate of drug-likeness (QED) is 0.0755. The molecule has 24 heteroatoms. The summed E-state index contributed by atoms with van der Waals surface area (Å²) in [4.78, 5) is 19.7. The van der Waals surface area contributed by atoms with Crippen LogP contribution in [0.3, 0.4) is 0 Å². The van der Waals surface area contributed by atoms with Crippen molar-refractivity contribution in [3.05, 3.63) is 47.7 Å². The summed E-state index contributed by atoms with van der Waals surface area (Å²) in [7, 11) is -15.6. The number of amides is 2. The van der Waals surface area contributed by atoms with Crippen molar-refractivity contribution in [3.8, 4) is 0 Å². The van der Waals surface area contributed by atoms with Gasteiger partial charge in [-0.1, -0.05) is 0 Å². The molecular weight excluding hydrogens is 681 g/mol. The second kappa shape index (κ2) is 12.8. The van der Waals surface area contributed by atoms with Crippen molar-refractivity contribution in [2.24, 2.45) is 16.0 Å². The number of rotatable bonds is 8. The Morgan fingerprint density at radius 1 is 0.886 bits per heavy atom. The maximum atomic E-state index is 12.1. The van der Waals surface area contributed by atoms with Gasteiger partial charge in [-0.15, -0.1) is 10.2 Å². The van der Waals surface area contributed by atoms with E-state index in [4.69, 9.17) is 23.1 Å². The van der Waals surface area contributed by atoms with E-state index in [-0.39, 0.29) is 63.8 Å². The number of halogens is 1. The van der Waals surface area contributed by atoms with Crippen molar-refractivity contribution in [2.45, 2.75) is 14.7 Å². The van der Waals surface area contributed by atoms with E-state index >= 15 is 0 Å². The molecule has 1 aromatic heterocycles. The van der Waals surface area contributed by atoms with Gasteiger partial charge in [-0.2, -0.15) is 31.8 Å². The Hall–Kier alpha value is -3.58. The number of aromatic nitrogens is 3. The van der Waals surface area contributed by atoms with Crippen LogP contribution < -0.4 is 51.7 Å². The third-order valence-corrected chi connectivity index (χ3v) is 7.97. The number of benzene rings is 3. The molecule has 2 amide bonds. The van der Waals surface area contributed by atoms with Crippen molar-refractivity contribution >= 4 is 93.4 Å². The number of nitrogen functional groups attached to an aromatic ring is 1. The second-order valence-corrected chi connectivity index (χ2v) is 12.7. The monoisotopic (exact) mass is 695 g/mol. The zero-order chi connectivity index (χ0) is 31.9. The van der Waals surface area contributed by atoms with Gasteiger partial charge in [0.05, 0.1) is 15.5 Å². The van der Waals surface area contributed by atoms with E-state index in [9.17, 15) is 43.7 Å². The number of nitrogens with zero attached hydrogens (tertiary/aromatic N) is 5. The van der Waals surface area contributed by atoms with Gasteiger partial charge in [-0.05, 0) is 59.5 Å². The van der Waals surface area contributed by atoms with E-state index in [1.807, 2.05) is 0 Å². The number of hydrogen-bond acceptors (Lipinski definition) is 15. The number of anilines is 4. The summed E-state index contributed by atoms with van der Waals surface area (Å²) in [6.45, 7) is 0. The molecule has 3 aromatic carbocycles. The van der Waals surface area contributed by atoms with E-state index in [0.717, 1.165) is 6.07 Å². The first-order valence-corrected chi connectivity index (χ1v) is 15.6. The Balaban J connectivity index is 0.00000529. The fraction of sp³-hybridized carbons (Fsp3) is 0. The molecule has 0 aliphatic rings. The van der Waals surface area contributed by atoms with E-state index < -0.39 is 67.5 Å². The molecule has 1 heterocycles. The van der Waals surface area contributed by atoms with Crippen LogP contribution in [-0.2, 0) is 30.4 Å². The van der Waals surface area contributed by atoms with Crippen LogP contribution in [0.1, 0.15) is 0 Å². The number of hydrogen-bond donors (Lipinski definition) is 6. The van der Waals surface area contributed by atoms with Gasteiger partial charge in [0.25, 0.3) is 20.2 Å². The van der Waals surface area contributed by atoms with Gasteiger partial charge < -0.3 is 26.7 Å². The van der Waals surface area contributed by atoms with Gasteiger partial charge in [0.1, 0.15) is 26.4 Å². The minimum Gasteiger partial charge on any atom is -0.744 e.